The molecule has 2 aromatic carbocycles. The highest BCUT2D eigenvalue weighted by Crippen LogP contribution is 2.39. The average molecular weight is 339 g/mol. The third-order valence-electron chi connectivity index (χ3n) is 2.88. The van der Waals surface area contributed by atoms with Gasteiger partial charge < -0.3 is 4.90 Å². The van der Waals surface area contributed by atoms with Gasteiger partial charge in [-0.25, -0.2) is 0 Å². The van der Waals surface area contributed by atoms with E-state index >= 15 is 0 Å². The van der Waals surface area contributed by atoms with E-state index < -0.39 is 4.92 Å². The normalized spacial score (nSPS) is 10.9. The van der Waals surface area contributed by atoms with Gasteiger partial charge in [0.2, 0.25) is 0 Å². The molecule has 2 rings (SSSR count). The van der Waals surface area contributed by atoms with Gasteiger partial charge in [-0.15, -0.1) is 5.11 Å². The summed E-state index contributed by atoms with van der Waals surface area (Å²) in [7, 11) is 3.88. The molecule has 0 atom stereocenters. The van der Waals surface area contributed by atoms with Gasteiger partial charge in [-0.1, -0.05) is 23.2 Å². The van der Waals surface area contributed by atoms with Crippen molar-refractivity contribution in [3.8, 4) is 0 Å². The standard InChI is InChI=1S/C14H12Cl2N4O2/c1-19(2)10-5-3-9(4-6-10)17-18-11-7-8-12(20(21)22)14(16)13(11)15/h3-8H,1-2H3. The van der Waals surface area contributed by atoms with E-state index in [9.17, 15) is 10.1 Å². The van der Waals surface area contributed by atoms with E-state index in [1.54, 1.807) is 12.1 Å². The summed E-state index contributed by atoms with van der Waals surface area (Å²) in [6.07, 6.45) is 0. The lowest BCUT2D eigenvalue weighted by Crippen LogP contribution is -2.07. The molecule has 0 N–H and O–H groups in total. The van der Waals surface area contributed by atoms with Crippen molar-refractivity contribution in [2.24, 2.45) is 10.2 Å². The summed E-state index contributed by atoms with van der Waals surface area (Å²) in [6.45, 7) is 0. The third-order valence-corrected chi connectivity index (χ3v) is 3.74. The van der Waals surface area contributed by atoms with Gasteiger partial charge >= 0.3 is 0 Å². The Balaban J connectivity index is 2.27. The van der Waals surface area contributed by atoms with Crippen LogP contribution in [0.2, 0.25) is 10.0 Å². The van der Waals surface area contributed by atoms with Crippen LogP contribution in [0.3, 0.4) is 0 Å². The Morgan fingerprint density at radius 3 is 2.18 bits per heavy atom. The lowest BCUT2D eigenvalue weighted by molar-refractivity contribution is -0.384. The molecule has 0 heterocycles. The molecule has 0 aliphatic rings. The number of hydrogen-bond donors (Lipinski definition) is 0. The Labute approximate surface area is 137 Å². The van der Waals surface area contributed by atoms with Crippen LogP contribution >= 0.6 is 23.2 Å². The fourth-order valence-corrected chi connectivity index (χ4v) is 2.10. The van der Waals surface area contributed by atoms with Crippen LogP contribution in [-0.4, -0.2) is 19.0 Å². The number of azo groups is 1. The first-order chi connectivity index (χ1) is 10.4. The summed E-state index contributed by atoms with van der Waals surface area (Å²) < 4.78 is 0. The van der Waals surface area contributed by atoms with Gasteiger partial charge in [-0.05, 0) is 30.3 Å². The van der Waals surface area contributed by atoms with E-state index in [-0.39, 0.29) is 21.4 Å². The number of halogens is 2. The maximum atomic E-state index is 10.8. The largest absolute Gasteiger partial charge is 0.378 e. The van der Waals surface area contributed by atoms with Gasteiger partial charge in [-0.3, -0.25) is 10.1 Å². The van der Waals surface area contributed by atoms with Gasteiger partial charge in [0.1, 0.15) is 10.7 Å². The number of nitrogens with zero attached hydrogens (tertiary/aromatic N) is 4. The van der Waals surface area contributed by atoms with E-state index in [4.69, 9.17) is 23.2 Å². The quantitative estimate of drug-likeness (QED) is 0.426. The molecule has 6 nitrogen and oxygen atoms in total. The Hall–Kier alpha value is -2.18. The van der Waals surface area contributed by atoms with Crippen LogP contribution < -0.4 is 4.90 Å². The minimum Gasteiger partial charge on any atom is -0.378 e. The van der Waals surface area contributed by atoms with Crippen molar-refractivity contribution < 1.29 is 4.92 Å². The lowest BCUT2D eigenvalue weighted by atomic mass is 10.3. The molecule has 0 fully saturated rings. The van der Waals surface area contributed by atoms with Crippen LogP contribution in [0.15, 0.2) is 46.6 Å². The fraction of sp³-hybridized carbons (Fsp3) is 0.143. The van der Waals surface area contributed by atoms with Crippen LogP contribution in [0.1, 0.15) is 0 Å². The van der Waals surface area contributed by atoms with Gasteiger partial charge in [0.25, 0.3) is 5.69 Å². The van der Waals surface area contributed by atoms with E-state index in [0.29, 0.717) is 5.69 Å². The van der Waals surface area contributed by atoms with Crippen LogP contribution in [0.4, 0.5) is 22.7 Å². The van der Waals surface area contributed by atoms with Gasteiger partial charge in [0, 0.05) is 25.8 Å². The molecule has 0 bridgehead atoms. The summed E-state index contributed by atoms with van der Waals surface area (Å²) in [6, 6.07) is 10.1. The molecule has 22 heavy (non-hydrogen) atoms. The number of anilines is 1. The van der Waals surface area contributed by atoms with Gasteiger partial charge in [-0.2, -0.15) is 5.11 Å². The molecule has 0 aliphatic carbocycles. The van der Waals surface area contributed by atoms with E-state index in [0.717, 1.165) is 5.69 Å². The monoisotopic (exact) mass is 338 g/mol. The van der Waals surface area contributed by atoms with Crippen molar-refractivity contribution in [1.29, 1.82) is 0 Å². The van der Waals surface area contributed by atoms with Crippen LogP contribution in [0.5, 0.6) is 0 Å². The van der Waals surface area contributed by atoms with Crippen molar-refractivity contribution in [3.05, 3.63) is 56.6 Å². The number of benzene rings is 2. The van der Waals surface area contributed by atoms with Crippen molar-refractivity contribution in [1.82, 2.24) is 0 Å². The van der Waals surface area contributed by atoms with E-state index in [2.05, 4.69) is 10.2 Å². The average Bonchev–Trinajstić information content (AvgIpc) is 2.48. The molecule has 0 aromatic heterocycles. The smallest absolute Gasteiger partial charge is 0.289 e. The maximum absolute atomic E-state index is 10.8. The topological polar surface area (TPSA) is 71.1 Å². The molecular weight excluding hydrogens is 327 g/mol. The van der Waals surface area contributed by atoms with Crippen molar-refractivity contribution in [3.63, 3.8) is 0 Å². The van der Waals surface area contributed by atoms with Crippen LogP contribution in [0.25, 0.3) is 0 Å². The minimum absolute atomic E-state index is 0.00419. The molecule has 0 saturated carbocycles. The summed E-state index contributed by atoms with van der Waals surface area (Å²) in [5, 5.41) is 18.6. The number of nitro groups is 1. The first-order valence-electron chi connectivity index (χ1n) is 6.21. The molecular formula is C14H12Cl2N4O2. The van der Waals surface area contributed by atoms with Crippen molar-refractivity contribution >= 4 is 46.0 Å². The zero-order chi connectivity index (χ0) is 16.3. The molecule has 0 amide bonds. The first-order valence-corrected chi connectivity index (χ1v) is 6.97. The second-order valence-corrected chi connectivity index (χ2v) is 5.36. The lowest BCUT2D eigenvalue weighted by Gasteiger charge is -2.11. The Morgan fingerprint density at radius 1 is 1.00 bits per heavy atom. The molecule has 0 spiro atoms. The maximum Gasteiger partial charge on any atom is 0.289 e. The number of rotatable bonds is 4. The summed E-state index contributed by atoms with van der Waals surface area (Å²) in [4.78, 5) is 12.1. The van der Waals surface area contributed by atoms with Crippen LogP contribution in [0, 0.1) is 10.1 Å². The van der Waals surface area contributed by atoms with E-state index in [1.165, 1.54) is 12.1 Å². The highest BCUT2D eigenvalue weighted by Gasteiger charge is 2.17. The summed E-state index contributed by atoms with van der Waals surface area (Å²) in [5.74, 6) is 0. The van der Waals surface area contributed by atoms with Crippen molar-refractivity contribution in [2.45, 2.75) is 0 Å². The molecule has 2 aromatic rings. The Morgan fingerprint density at radius 2 is 1.64 bits per heavy atom. The number of hydrogen-bond acceptors (Lipinski definition) is 5. The fourth-order valence-electron chi connectivity index (χ4n) is 1.68. The van der Waals surface area contributed by atoms with Crippen LogP contribution in [-0.2, 0) is 0 Å². The molecule has 0 aliphatic heterocycles. The third kappa shape index (κ3) is 3.52. The van der Waals surface area contributed by atoms with Gasteiger partial charge in [0.05, 0.1) is 15.6 Å². The molecule has 0 unspecified atom stereocenters. The SMILES string of the molecule is CN(C)c1ccc(N=Nc2ccc([N+](=O)[O-])c(Cl)c2Cl)cc1. The Kier molecular flexibility index (Phi) is 4.95. The van der Waals surface area contributed by atoms with Gasteiger partial charge in [0.15, 0.2) is 0 Å². The zero-order valence-electron chi connectivity index (χ0n) is 11.8. The summed E-state index contributed by atoms with van der Waals surface area (Å²) >= 11 is 11.8. The Bertz CT molecular complexity index is 730. The first kappa shape index (κ1) is 16.2. The number of nitro benzene ring substituents is 1. The van der Waals surface area contributed by atoms with E-state index in [1.807, 2.05) is 31.1 Å². The molecule has 0 radical (unpaired) electrons. The predicted molar refractivity (Wildman–Crippen MR) is 88.1 cm³/mol. The molecule has 0 saturated heterocycles. The summed E-state index contributed by atoms with van der Waals surface area (Å²) in [5.41, 5.74) is 1.68. The minimum atomic E-state index is -0.602. The molecule has 114 valence electrons. The second-order valence-electron chi connectivity index (χ2n) is 4.60. The highest BCUT2D eigenvalue weighted by atomic mass is 35.5. The second kappa shape index (κ2) is 6.72. The van der Waals surface area contributed by atoms with Crippen molar-refractivity contribution in [2.75, 3.05) is 19.0 Å². The predicted octanol–water partition coefficient (Wildman–Crippen LogP) is 5.38. The zero-order valence-corrected chi connectivity index (χ0v) is 13.3. The highest BCUT2D eigenvalue weighted by molar-refractivity contribution is 6.44. The molecule has 8 heteroatoms.